The lowest BCUT2D eigenvalue weighted by molar-refractivity contribution is -0.132. The van der Waals surface area contributed by atoms with E-state index in [9.17, 15) is 4.79 Å². The number of hydrogen-bond donors (Lipinski definition) is 1. The molecule has 0 amide bonds. The van der Waals surface area contributed by atoms with Crippen LogP contribution in [-0.4, -0.2) is 18.2 Å². The second-order valence-electron chi connectivity index (χ2n) is 2.91. The number of methoxy groups -OCH3 is 1. The summed E-state index contributed by atoms with van der Waals surface area (Å²) in [5, 5.41) is 11.9. The first-order chi connectivity index (χ1) is 8.08. The number of rotatable bonds is 4. The van der Waals surface area contributed by atoms with E-state index in [0.717, 1.165) is 4.47 Å². The zero-order valence-electron chi connectivity index (χ0n) is 8.79. The molecule has 0 fully saturated rings. The van der Waals surface area contributed by atoms with E-state index in [1.807, 2.05) is 0 Å². The van der Waals surface area contributed by atoms with Crippen molar-refractivity contribution in [2.75, 3.05) is 7.11 Å². The summed E-state index contributed by atoms with van der Waals surface area (Å²) >= 11 is 3.26. The van der Waals surface area contributed by atoms with Crippen molar-refractivity contribution < 1.29 is 14.6 Å². The van der Waals surface area contributed by atoms with Crippen LogP contribution in [0.3, 0.4) is 0 Å². The summed E-state index contributed by atoms with van der Waals surface area (Å²) in [6, 6.07) is 5.06. The van der Waals surface area contributed by atoms with E-state index in [2.05, 4.69) is 26.0 Å². The van der Waals surface area contributed by atoms with Gasteiger partial charge in [0.25, 0.3) is 0 Å². The molecule has 0 bridgehead atoms. The molecule has 0 aliphatic rings. The first-order valence-electron chi connectivity index (χ1n) is 4.42. The van der Waals surface area contributed by atoms with Crippen LogP contribution in [0.25, 0.3) is 16.5 Å². The minimum Gasteiger partial charge on any atom is -0.496 e. The SMILES string of the molecule is COc1cc(Br)ccc1/C=C(\N=[N+]=[N-])C(=O)O. The van der Waals surface area contributed by atoms with Crippen LogP contribution < -0.4 is 4.74 Å². The summed E-state index contributed by atoms with van der Waals surface area (Å²) < 4.78 is 5.88. The van der Waals surface area contributed by atoms with Gasteiger partial charge in [0.1, 0.15) is 11.4 Å². The smallest absolute Gasteiger partial charge is 0.338 e. The van der Waals surface area contributed by atoms with Gasteiger partial charge < -0.3 is 9.84 Å². The largest absolute Gasteiger partial charge is 0.496 e. The Hall–Kier alpha value is -1.98. The third kappa shape index (κ3) is 3.51. The molecule has 0 radical (unpaired) electrons. The first kappa shape index (κ1) is 13.1. The maximum absolute atomic E-state index is 10.8. The highest BCUT2D eigenvalue weighted by molar-refractivity contribution is 9.10. The van der Waals surface area contributed by atoms with Crippen LogP contribution in [0.15, 0.2) is 33.5 Å². The monoisotopic (exact) mass is 297 g/mol. The van der Waals surface area contributed by atoms with Crippen molar-refractivity contribution in [3.63, 3.8) is 0 Å². The molecular weight excluding hydrogens is 290 g/mol. The van der Waals surface area contributed by atoms with Crippen LogP contribution in [0, 0.1) is 0 Å². The van der Waals surface area contributed by atoms with Gasteiger partial charge in [-0.2, -0.15) is 0 Å². The molecule has 1 aromatic carbocycles. The van der Waals surface area contributed by atoms with E-state index >= 15 is 0 Å². The van der Waals surface area contributed by atoms with Gasteiger partial charge in [-0.15, -0.1) is 0 Å². The minimum atomic E-state index is -1.30. The molecule has 0 aliphatic carbocycles. The van der Waals surface area contributed by atoms with Crippen LogP contribution in [0.5, 0.6) is 5.75 Å². The highest BCUT2D eigenvalue weighted by Gasteiger charge is 2.07. The number of hydrogen-bond acceptors (Lipinski definition) is 3. The minimum absolute atomic E-state index is 0.395. The number of halogens is 1. The second kappa shape index (κ2) is 5.93. The van der Waals surface area contributed by atoms with Gasteiger partial charge in [0, 0.05) is 14.9 Å². The predicted molar refractivity (Wildman–Crippen MR) is 65.5 cm³/mol. The zero-order valence-corrected chi connectivity index (χ0v) is 10.4. The molecule has 0 aliphatic heterocycles. The lowest BCUT2D eigenvalue weighted by Crippen LogP contribution is -1.97. The van der Waals surface area contributed by atoms with Crippen molar-refractivity contribution in [2.24, 2.45) is 5.11 Å². The van der Waals surface area contributed by atoms with Crippen LogP contribution in [0.1, 0.15) is 5.56 Å². The predicted octanol–water partition coefficient (Wildman–Crippen LogP) is 3.19. The topological polar surface area (TPSA) is 95.3 Å². The summed E-state index contributed by atoms with van der Waals surface area (Å²) in [7, 11) is 1.47. The van der Waals surface area contributed by atoms with Gasteiger partial charge in [-0.25, -0.2) is 4.79 Å². The summed E-state index contributed by atoms with van der Waals surface area (Å²) in [6.07, 6.45) is 1.24. The fraction of sp³-hybridized carbons (Fsp3) is 0.100. The molecule has 17 heavy (non-hydrogen) atoms. The number of ether oxygens (including phenoxy) is 1. The highest BCUT2D eigenvalue weighted by Crippen LogP contribution is 2.25. The Morgan fingerprint density at radius 3 is 2.88 bits per heavy atom. The van der Waals surface area contributed by atoms with Gasteiger partial charge in [0.15, 0.2) is 0 Å². The highest BCUT2D eigenvalue weighted by atomic mass is 79.9. The number of azide groups is 1. The van der Waals surface area contributed by atoms with Crippen molar-refractivity contribution >= 4 is 28.0 Å². The van der Waals surface area contributed by atoms with E-state index in [1.165, 1.54) is 13.2 Å². The van der Waals surface area contributed by atoms with Gasteiger partial charge in [0.05, 0.1) is 7.11 Å². The molecule has 0 atom stereocenters. The van der Waals surface area contributed by atoms with Gasteiger partial charge in [0.2, 0.25) is 0 Å². The number of aliphatic carboxylic acids is 1. The Labute approximate surface area is 105 Å². The molecule has 0 unspecified atom stereocenters. The van der Waals surface area contributed by atoms with Gasteiger partial charge >= 0.3 is 5.97 Å². The Morgan fingerprint density at radius 1 is 1.65 bits per heavy atom. The Morgan fingerprint density at radius 2 is 2.35 bits per heavy atom. The zero-order chi connectivity index (χ0) is 12.8. The van der Waals surface area contributed by atoms with Crippen molar-refractivity contribution in [3.05, 3.63) is 44.4 Å². The average Bonchev–Trinajstić information content (AvgIpc) is 2.30. The van der Waals surface area contributed by atoms with Gasteiger partial charge in [-0.05, 0) is 23.7 Å². The lowest BCUT2D eigenvalue weighted by Gasteiger charge is -2.05. The normalized spacial score (nSPS) is 10.6. The van der Waals surface area contributed by atoms with Gasteiger partial charge in [-0.1, -0.05) is 27.1 Å². The Bertz CT molecular complexity index is 518. The third-order valence-corrected chi connectivity index (χ3v) is 2.35. The number of carbonyl (C=O) groups is 1. The number of nitrogens with zero attached hydrogens (tertiary/aromatic N) is 3. The molecule has 0 aromatic heterocycles. The Kier molecular flexibility index (Phi) is 4.56. The van der Waals surface area contributed by atoms with E-state index in [4.69, 9.17) is 15.4 Å². The fourth-order valence-electron chi connectivity index (χ4n) is 1.13. The van der Waals surface area contributed by atoms with E-state index < -0.39 is 11.7 Å². The average molecular weight is 298 g/mol. The van der Waals surface area contributed by atoms with Crippen LogP contribution in [0.2, 0.25) is 0 Å². The maximum atomic E-state index is 10.8. The summed E-state index contributed by atoms with van der Waals surface area (Å²) in [4.78, 5) is 13.2. The molecular formula is C10H8BrN3O3. The molecule has 0 spiro atoms. The van der Waals surface area contributed by atoms with E-state index in [-0.39, 0.29) is 0 Å². The lowest BCUT2D eigenvalue weighted by atomic mass is 10.1. The van der Waals surface area contributed by atoms with Crippen LogP contribution >= 0.6 is 15.9 Å². The van der Waals surface area contributed by atoms with Crippen LogP contribution in [0.4, 0.5) is 0 Å². The summed E-state index contributed by atoms with van der Waals surface area (Å²) in [6.45, 7) is 0. The quantitative estimate of drug-likeness (QED) is 0.400. The number of carboxylic acids is 1. The number of carboxylic acid groups (broad SMARTS) is 1. The van der Waals surface area contributed by atoms with Crippen molar-refractivity contribution in [3.8, 4) is 5.75 Å². The third-order valence-electron chi connectivity index (χ3n) is 1.86. The molecule has 7 heteroatoms. The molecule has 1 rings (SSSR count). The molecule has 6 nitrogen and oxygen atoms in total. The molecule has 1 N–H and O–H groups in total. The molecule has 1 aromatic rings. The number of benzene rings is 1. The van der Waals surface area contributed by atoms with Gasteiger partial charge in [-0.3, -0.25) is 0 Å². The second-order valence-corrected chi connectivity index (χ2v) is 3.83. The molecule has 0 saturated heterocycles. The first-order valence-corrected chi connectivity index (χ1v) is 5.21. The molecule has 0 heterocycles. The van der Waals surface area contributed by atoms with E-state index in [0.29, 0.717) is 11.3 Å². The summed E-state index contributed by atoms with van der Waals surface area (Å²) in [5.74, 6) is -0.820. The van der Waals surface area contributed by atoms with E-state index in [1.54, 1.807) is 18.2 Å². The van der Waals surface area contributed by atoms with Crippen molar-refractivity contribution in [2.45, 2.75) is 0 Å². The fourth-order valence-corrected chi connectivity index (χ4v) is 1.47. The van der Waals surface area contributed by atoms with Crippen molar-refractivity contribution in [1.82, 2.24) is 0 Å². The van der Waals surface area contributed by atoms with Crippen molar-refractivity contribution in [1.29, 1.82) is 0 Å². The molecule has 0 saturated carbocycles. The molecule has 88 valence electrons. The maximum Gasteiger partial charge on any atom is 0.338 e. The Balaban J connectivity index is 3.28. The van der Waals surface area contributed by atoms with Crippen LogP contribution in [-0.2, 0) is 4.79 Å². The summed E-state index contributed by atoms with van der Waals surface area (Å²) in [5.41, 5.74) is 8.37. The standard InChI is InChI=1S/C10H8BrN3O3/c1-17-9-5-7(11)3-2-6(9)4-8(10(15)16)13-14-12/h2-5H,1H3,(H,15,16)/b8-4-.